The quantitative estimate of drug-likeness (QED) is 0.256. The lowest BCUT2D eigenvalue weighted by Crippen LogP contribution is -1.99. The van der Waals surface area contributed by atoms with Gasteiger partial charge in [0, 0.05) is 0 Å². The summed E-state index contributed by atoms with van der Waals surface area (Å²) in [4.78, 5) is 0. The Bertz CT molecular complexity index is 161. The number of unbranched alkanes of at least 4 members (excludes halogenated alkanes) is 11. The molecule has 0 aromatic carbocycles. The first-order valence-corrected chi connectivity index (χ1v) is 9.43. The molecule has 20 heavy (non-hydrogen) atoms. The van der Waals surface area contributed by atoms with Crippen LogP contribution in [0.1, 0.15) is 110 Å². The molecule has 0 N–H and O–H groups in total. The number of hydrogen-bond donors (Lipinski definition) is 0. The third-order valence-electron chi connectivity index (χ3n) is 4.55. The molecule has 1 unspecified atom stereocenters. The van der Waals surface area contributed by atoms with Crippen LogP contribution < -0.4 is 0 Å². The van der Waals surface area contributed by atoms with E-state index in [1.807, 2.05) is 0 Å². The Balaban J connectivity index is 3.29. The molecule has 0 rings (SSSR count). The molecule has 0 spiro atoms. The van der Waals surface area contributed by atoms with Gasteiger partial charge in [-0.3, -0.25) is 0 Å². The first kappa shape index (κ1) is 20.0. The molecule has 0 aromatic rings. The van der Waals surface area contributed by atoms with Gasteiger partial charge < -0.3 is 0 Å². The molecule has 0 fully saturated rings. The smallest absolute Gasteiger partial charge is 0.0417 e. The van der Waals surface area contributed by atoms with Crippen molar-refractivity contribution in [3.8, 4) is 0 Å². The van der Waals surface area contributed by atoms with Gasteiger partial charge in [-0.1, -0.05) is 124 Å². The summed E-state index contributed by atoms with van der Waals surface area (Å²) >= 11 is 0. The molecule has 120 valence electrons. The zero-order valence-electron chi connectivity index (χ0n) is 14.3. The van der Waals surface area contributed by atoms with Crippen molar-refractivity contribution in [1.29, 1.82) is 0 Å². The maximum Gasteiger partial charge on any atom is -0.0417 e. The van der Waals surface area contributed by atoms with Gasteiger partial charge in [0.1, 0.15) is 0 Å². The molecule has 0 aromatic heterocycles. The topological polar surface area (TPSA) is 0 Å². The van der Waals surface area contributed by atoms with Crippen molar-refractivity contribution in [2.24, 2.45) is 5.92 Å². The predicted molar refractivity (Wildman–Crippen MR) is 93.8 cm³/mol. The highest BCUT2D eigenvalue weighted by Crippen LogP contribution is 2.21. The fourth-order valence-corrected chi connectivity index (χ4v) is 3.01. The van der Waals surface area contributed by atoms with Gasteiger partial charge in [0.25, 0.3) is 0 Å². The zero-order valence-corrected chi connectivity index (χ0v) is 14.3. The molecule has 0 aliphatic rings. The second-order valence-electron chi connectivity index (χ2n) is 6.45. The summed E-state index contributed by atoms with van der Waals surface area (Å²) in [5.41, 5.74) is 0. The molecule has 0 saturated carbocycles. The van der Waals surface area contributed by atoms with Crippen molar-refractivity contribution in [2.75, 3.05) is 0 Å². The average Bonchev–Trinajstić information content (AvgIpc) is 2.47. The predicted octanol–water partition coefficient (Wildman–Crippen LogP) is 7.53. The summed E-state index contributed by atoms with van der Waals surface area (Å²) in [6.07, 6.45) is 22.1. The van der Waals surface area contributed by atoms with E-state index in [1.165, 1.54) is 89.9 Å². The minimum absolute atomic E-state index is 1.00. The van der Waals surface area contributed by atoms with E-state index in [0.717, 1.165) is 18.8 Å². The van der Waals surface area contributed by atoms with Crippen LogP contribution in [0.5, 0.6) is 0 Å². The van der Waals surface area contributed by atoms with E-state index in [1.54, 1.807) is 0 Å². The van der Waals surface area contributed by atoms with Gasteiger partial charge in [-0.15, -0.1) is 0 Å². The summed E-state index contributed by atoms with van der Waals surface area (Å²) in [5.74, 6) is 1.00. The fraction of sp³-hybridized carbons (Fsp3) is 0.900. The third kappa shape index (κ3) is 14.4. The van der Waals surface area contributed by atoms with Gasteiger partial charge in [0.05, 0.1) is 0 Å². The van der Waals surface area contributed by atoms with Crippen molar-refractivity contribution >= 4 is 0 Å². The molecule has 0 saturated heterocycles. The largest absolute Gasteiger partial charge is 0.0651 e. The van der Waals surface area contributed by atoms with Gasteiger partial charge in [0.15, 0.2) is 0 Å². The van der Waals surface area contributed by atoms with Crippen molar-refractivity contribution in [2.45, 2.75) is 110 Å². The van der Waals surface area contributed by atoms with Gasteiger partial charge in [-0.25, -0.2) is 0 Å². The Morgan fingerprint density at radius 1 is 0.550 bits per heavy atom. The SMILES string of the molecule is [CH2]CCCCCCCCC(CC)CCCCCCC[CH2]. The molecule has 1 atom stereocenters. The Morgan fingerprint density at radius 3 is 1.25 bits per heavy atom. The molecule has 0 aliphatic carbocycles. The summed E-state index contributed by atoms with van der Waals surface area (Å²) in [5, 5.41) is 0. The van der Waals surface area contributed by atoms with Crippen LogP contribution >= 0.6 is 0 Å². The highest BCUT2D eigenvalue weighted by Gasteiger charge is 2.05. The van der Waals surface area contributed by atoms with E-state index in [-0.39, 0.29) is 0 Å². The van der Waals surface area contributed by atoms with Crippen LogP contribution in [0.3, 0.4) is 0 Å². The van der Waals surface area contributed by atoms with Crippen LogP contribution in [0.25, 0.3) is 0 Å². The fourth-order valence-electron chi connectivity index (χ4n) is 3.01. The molecule has 0 aliphatic heterocycles. The first-order valence-electron chi connectivity index (χ1n) is 9.43. The van der Waals surface area contributed by atoms with Crippen molar-refractivity contribution in [3.05, 3.63) is 13.8 Å². The minimum Gasteiger partial charge on any atom is -0.0651 e. The second-order valence-corrected chi connectivity index (χ2v) is 6.45. The Hall–Kier alpha value is 0. The lowest BCUT2D eigenvalue weighted by atomic mass is 9.92. The monoisotopic (exact) mass is 280 g/mol. The molecule has 2 radical (unpaired) electrons. The van der Waals surface area contributed by atoms with Crippen LogP contribution in [-0.4, -0.2) is 0 Å². The van der Waals surface area contributed by atoms with E-state index in [2.05, 4.69) is 20.8 Å². The van der Waals surface area contributed by atoms with Gasteiger partial charge >= 0.3 is 0 Å². The van der Waals surface area contributed by atoms with Crippen LogP contribution in [0.2, 0.25) is 0 Å². The minimum atomic E-state index is 1.00. The van der Waals surface area contributed by atoms with Crippen LogP contribution in [0.4, 0.5) is 0 Å². The summed E-state index contributed by atoms with van der Waals surface area (Å²) in [6.45, 7) is 10.2. The molecular formula is C20H40. The molecular weight excluding hydrogens is 240 g/mol. The van der Waals surface area contributed by atoms with Crippen molar-refractivity contribution in [3.63, 3.8) is 0 Å². The van der Waals surface area contributed by atoms with Crippen LogP contribution in [0, 0.1) is 19.8 Å². The number of hydrogen-bond acceptors (Lipinski definition) is 0. The average molecular weight is 281 g/mol. The standard InChI is InChI=1S/C20H40/c1-4-7-9-11-13-15-17-19-20(6-3)18-16-14-12-10-8-5-2/h20H,1-2,4-19H2,3H3. The summed E-state index contributed by atoms with van der Waals surface area (Å²) < 4.78 is 0. The molecule has 0 heteroatoms. The van der Waals surface area contributed by atoms with E-state index in [4.69, 9.17) is 0 Å². The zero-order chi connectivity index (χ0) is 14.9. The molecule has 0 bridgehead atoms. The highest BCUT2D eigenvalue weighted by molar-refractivity contribution is 4.59. The highest BCUT2D eigenvalue weighted by atomic mass is 14.1. The van der Waals surface area contributed by atoms with E-state index >= 15 is 0 Å². The van der Waals surface area contributed by atoms with Crippen molar-refractivity contribution in [1.82, 2.24) is 0 Å². The molecule has 0 heterocycles. The van der Waals surface area contributed by atoms with E-state index < -0.39 is 0 Å². The Labute approximate surface area is 130 Å². The Kier molecular flexibility index (Phi) is 17.1. The van der Waals surface area contributed by atoms with Gasteiger partial charge in [0.2, 0.25) is 0 Å². The van der Waals surface area contributed by atoms with Crippen molar-refractivity contribution < 1.29 is 0 Å². The van der Waals surface area contributed by atoms with Gasteiger partial charge in [-0.2, -0.15) is 0 Å². The lowest BCUT2D eigenvalue weighted by Gasteiger charge is -2.14. The molecule has 0 nitrogen and oxygen atoms in total. The van der Waals surface area contributed by atoms with Crippen LogP contribution in [-0.2, 0) is 0 Å². The Morgan fingerprint density at radius 2 is 0.900 bits per heavy atom. The summed E-state index contributed by atoms with van der Waals surface area (Å²) in [6, 6.07) is 0. The summed E-state index contributed by atoms with van der Waals surface area (Å²) in [7, 11) is 0. The maximum atomic E-state index is 3.91. The first-order chi connectivity index (χ1) is 9.85. The van der Waals surface area contributed by atoms with Gasteiger partial charge in [-0.05, 0) is 5.92 Å². The lowest BCUT2D eigenvalue weighted by molar-refractivity contribution is 0.393. The van der Waals surface area contributed by atoms with E-state index in [9.17, 15) is 0 Å². The maximum absolute atomic E-state index is 3.91. The van der Waals surface area contributed by atoms with E-state index in [0.29, 0.717) is 0 Å². The number of rotatable bonds is 16. The van der Waals surface area contributed by atoms with Crippen LogP contribution in [0.15, 0.2) is 0 Å². The third-order valence-corrected chi connectivity index (χ3v) is 4.55. The second kappa shape index (κ2) is 17.1. The normalized spacial score (nSPS) is 12.8. The molecule has 0 amide bonds.